The molecular formula is C11H9FN4. The maximum Gasteiger partial charge on any atom is 0.151 e. The summed E-state index contributed by atoms with van der Waals surface area (Å²) in [7, 11) is 0. The number of nitrogens with zero attached hydrogens (tertiary/aromatic N) is 4. The van der Waals surface area contributed by atoms with Crippen LogP contribution in [0.5, 0.6) is 0 Å². The highest BCUT2D eigenvalue weighted by Crippen LogP contribution is 2.21. The maximum absolute atomic E-state index is 13.5. The van der Waals surface area contributed by atoms with Crippen LogP contribution in [0.3, 0.4) is 0 Å². The van der Waals surface area contributed by atoms with Gasteiger partial charge in [0.2, 0.25) is 0 Å². The Morgan fingerprint density at radius 3 is 2.94 bits per heavy atom. The third-order valence-electron chi connectivity index (χ3n) is 2.19. The van der Waals surface area contributed by atoms with E-state index in [2.05, 4.69) is 10.1 Å². The number of halogens is 1. The maximum atomic E-state index is 13.5. The van der Waals surface area contributed by atoms with Crippen molar-refractivity contribution in [1.29, 1.82) is 5.26 Å². The average molecular weight is 216 g/mol. The van der Waals surface area contributed by atoms with Crippen LogP contribution in [0.4, 0.5) is 4.39 Å². The number of aromatic nitrogens is 3. The van der Waals surface area contributed by atoms with Crippen molar-refractivity contribution in [3.05, 3.63) is 35.9 Å². The Morgan fingerprint density at radius 1 is 1.50 bits per heavy atom. The van der Waals surface area contributed by atoms with Crippen LogP contribution in [0.15, 0.2) is 24.5 Å². The van der Waals surface area contributed by atoms with Gasteiger partial charge in [0.05, 0.1) is 5.56 Å². The van der Waals surface area contributed by atoms with Crippen molar-refractivity contribution in [2.45, 2.75) is 13.5 Å². The fourth-order valence-electron chi connectivity index (χ4n) is 1.40. The van der Waals surface area contributed by atoms with E-state index in [9.17, 15) is 4.39 Å². The minimum absolute atomic E-state index is 0.117. The van der Waals surface area contributed by atoms with E-state index in [0.29, 0.717) is 17.8 Å². The lowest BCUT2D eigenvalue weighted by Crippen LogP contribution is -1.95. The van der Waals surface area contributed by atoms with Crippen molar-refractivity contribution in [2.24, 2.45) is 0 Å². The van der Waals surface area contributed by atoms with E-state index >= 15 is 0 Å². The van der Waals surface area contributed by atoms with E-state index < -0.39 is 5.82 Å². The van der Waals surface area contributed by atoms with Crippen LogP contribution in [-0.2, 0) is 6.54 Å². The average Bonchev–Trinajstić information content (AvgIpc) is 2.72. The Balaban J connectivity index is 2.60. The van der Waals surface area contributed by atoms with Crippen molar-refractivity contribution in [1.82, 2.24) is 14.8 Å². The zero-order chi connectivity index (χ0) is 11.5. The summed E-state index contributed by atoms with van der Waals surface area (Å²) in [6, 6.07) is 4.79. The molecule has 0 saturated carbocycles. The second-order valence-corrected chi connectivity index (χ2v) is 3.19. The molecule has 5 heteroatoms. The molecule has 0 aliphatic heterocycles. The van der Waals surface area contributed by atoms with Crippen LogP contribution in [0.25, 0.3) is 11.4 Å². The Labute approximate surface area is 92.0 Å². The van der Waals surface area contributed by atoms with E-state index in [4.69, 9.17) is 5.26 Å². The lowest BCUT2D eigenvalue weighted by Gasteiger charge is -1.97. The molecule has 0 spiro atoms. The van der Waals surface area contributed by atoms with E-state index in [1.165, 1.54) is 18.3 Å². The van der Waals surface area contributed by atoms with Crippen LogP contribution in [-0.4, -0.2) is 14.8 Å². The van der Waals surface area contributed by atoms with Gasteiger partial charge < -0.3 is 0 Å². The molecule has 4 nitrogen and oxygen atoms in total. The fourth-order valence-corrected chi connectivity index (χ4v) is 1.40. The van der Waals surface area contributed by atoms with Crippen LogP contribution in [0.2, 0.25) is 0 Å². The molecule has 0 unspecified atom stereocenters. The van der Waals surface area contributed by atoms with Gasteiger partial charge in [-0.15, -0.1) is 0 Å². The summed E-state index contributed by atoms with van der Waals surface area (Å²) in [6.45, 7) is 2.52. The lowest BCUT2D eigenvalue weighted by molar-refractivity contribution is 0.621. The minimum atomic E-state index is -0.472. The number of hydrogen-bond acceptors (Lipinski definition) is 3. The van der Waals surface area contributed by atoms with Crippen molar-refractivity contribution in [3.8, 4) is 17.5 Å². The van der Waals surface area contributed by atoms with E-state index in [0.717, 1.165) is 0 Å². The molecule has 2 aromatic heterocycles. The second kappa shape index (κ2) is 4.11. The molecule has 0 radical (unpaired) electrons. The highest BCUT2D eigenvalue weighted by Gasteiger charge is 2.15. The van der Waals surface area contributed by atoms with Crippen molar-refractivity contribution >= 4 is 0 Å². The molecule has 0 amide bonds. The van der Waals surface area contributed by atoms with Crippen LogP contribution >= 0.6 is 0 Å². The molecule has 0 aliphatic carbocycles. The smallest absolute Gasteiger partial charge is 0.151 e. The lowest BCUT2D eigenvalue weighted by atomic mass is 10.2. The van der Waals surface area contributed by atoms with E-state index in [-0.39, 0.29) is 5.69 Å². The molecule has 2 aromatic rings. The summed E-state index contributed by atoms with van der Waals surface area (Å²) in [5.74, 6) is -0.472. The highest BCUT2D eigenvalue weighted by molar-refractivity contribution is 5.62. The first-order valence-electron chi connectivity index (χ1n) is 4.84. The summed E-state index contributed by atoms with van der Waals surface area (Å²) >= 11 is 0. The summed E-state index contributed by atoms with van der Waals surface area (Å²) < 4.78 is 15.1. The molecule has 0 bridgehead atoms. The predicted molar refractivity (Wildman–Crippen MR) is 55.8 cm³/mol. The largest absolute Gasteiger partial charge is 0.271 e. The first kappa shape index (κ1) is 10.3. The van der Waals surface area contributed by atoms with E-state index in [1.54, 1.807) is 10.9 Å². The topological polar surface area (TPSA) is 54.5 Å². The van der Waals surface area contributed by atoms with Gasteiger partial charge in [-0.3, -0.25) is 9.67 Å². The molecule has 0 aromatic carbocycles. The van der Waals surface area contributed by atoms with Gasteiger partial charge in [0.25, 0.3) is 0 Å². The summed E-state index contributed by atoms with van der Waals surface area (Å²) in [5, 5.41) is 13.0. The van der Waals surface area contributed by atoms with Gasteiger partial charge in [-0.05, 0) is 19.1 Å². The number of aryl methyl sites for hydroxylation is 1. The molecule has 2 rings (SSSR count). The Morgan fingerprint density at radius 2 is 2.31 bits per heavy atom. The minimum Gasteiger partial charge on any atom is -0.271 e. The SMILES string of the molecule is CCn1cc(C#N)c(-c2ncccc2F)n1. The molecule has 0 fully saturated rings. The van der Waals surface area contributed by atoms with E-state index in [1.807, 2.05) is 13.0 Å². The standard InChI is InChI=1S/C11H9FN4/c1-2-16-7-8(6-13)10(15-16)11-9(12)4-3-5-14-11/h3-5,7H,2H2,1H3. The third-order valence-corrected chi connectivity index (χ3v) is 2.19. The van der Waals surface area contributed by atoms with Gasteiger partial charge in [0, 0.05) is 18.9 Å². The Hall–Kier alpha value is -2.22. The molecule has 0 saturated heterocycles. The van der Waals surface area contributed by atoms with Crippen LogP contribution in [0.1, 0.15) is 12.5 Å². The molecule has 80 valence electrons. The predicted octanol–water partition coefficient (Wildman–Crippen LogP) is 1.98. The van der Waals surface area contributed by atoms with Crippen molar-refractivity contribution in [3.63, 3.8) is 0 Å². The van der Waals surface area contributed by atoms with Crippen LogP contribution < -0.4 is 0 Å². The summed E-state index contributed by atoms with van der Waals surface area (Å²) in [4.78, 5) is 3.90. The normalized spacial score (nSPS) is 10.1. The first-order chi connectivity index (χ1) is 7.76. The number of nitriles is 1. The number of pyridine rings is 1. The van der Waals surface area contributed by atoms with Gasteiger partial charge in [0.15, 0.2) is 5.82 Å². The van der Waals surface area contributed by atoms with Crippen molar-refractivity contribution < 1.29 is 4.39 Å². The summed E-state index contributed by atoms with van der Waals surface area (Å²) in [5.41, 5.74) is 0.744. The van der Waals surface area contributed by atoms with Gasteiger partial charge in [-0.2, -0.15) is 10.4 Å². The molecule has 2 heterocycles. The number of hydrogen-bond donors (Lipinski definition) is 0. The molecule has 0 aliphatic rings. The first-order valence-corrected chi connectivity index (χ1v) is 4.84. The zero-order valence-electron chi connectivity index (χ0n) is 8.68. The van der Waals surface area contributed by atoms with Gasteiger partial charge in [0.1, 0.15) is 17.5 Å². The number of rotatable bonds is 2. The fraction of sp³-hybridized carbons (Fsp3) is 0.182. The molecule has 0 atom stereocenters. The van der Waals surface area contributed by atoms with Gasteiger partial charge in [-0.1, -0.05) is 0 Å². The van der Waals surface area contributed by atoms with Crippen molar-refractivity contribution in [2.75, 3.05) is 0 Å². The van der Waals surface area contributed by atoms with Gasteiger partial charge in [-0.25, -0.2) is 4.39 Å². The Bertz CT molecular complexity index is 553. The van der Waals surface area contributed by atoms with Gasteiger partial charge >= 0.3 is 0 Å². The molecular weight excluding hydrogens is 207 g/mol. The monoisotopic (exact) mass is 216 g/mol. The second-order valence-electron chi connectivity index (χ2n) is 3.19. The zero-order valence-corrected chi connectivity index (χ0v) is 8.68. The summed E-state index contributed by atoms with van der Waals surface area (Å²) in [6.07, 6.45) is 3.06. The molecule has 16 heavy (non-hydrogen) atoms. The quantitative estimate of drug-likeness (QED) is 0.771. The highest BCUT2D eigenvalue weighted by atomic mass is 19.1. The Kier molecular flexibility index (Phi) is 2.64. The third kappa shape index (κ3) is 1.65. The van der Waals surface area contributed by atoms with Crippen LogP contribution in [0, 0.1) is 17.1 Å². The molecule has 0 N–H and O–H groups in total.